The largest absolute Gasteiger partial charge is 0.493 e. The van der Waals surface area contributed by atoms with E-state index in [-0.39, 0.29) is 11.2 Å². The van der Waals surface area contributed by atoms with E-state index >= 15 is 0 Å². The van der Waals surface area contributed by atoms with E-state index in [4.69, 9.17) is 9.47 Å². The fourth-order valence-corrected chi connectivity index (χ4v) is 4.70. The Morgan fingerprint density at radius 1 is 1.24 bits per heavy atom. The summed E-state index contributed by atoms with van der Waals surface area (Å²) in [5.74, 6) is 1.76. The molecule has 0 amide bonds. The minimum absolute atomic E-state index is 0.150. The van der Waals surface area contributed by atoms with E-state index in [1.807, 2.05) is 26.0 Å². The van der Waals surface area contributed by atoms with Crippen molar-refractivity contribution in [2.24, 2.45) is 10.4 Å². The van der Waals surface area contributed by atoms with Crippen LogP contribution in [0.3, 0.4) is 0 Å². The average molecular weight is 426 g/mol. The Hall–Kier alpha value is -1.80. The predicted molar refractivity (Wildman–Crippen MR) is 117 cm³/mol. The molecule has 0 unspecified atom stereocenters. The van der Waals surface area contributed by atoms with Crippen molar-refractivity contribution in [1.82, 2.24) is 10.6 Å². The second-order valence-corrected chi connectivity index (χ2v) is 10.1. The quantitative estimate of drug-likeness (QED) is 0.303. The number of methoxy groups -OCH3 is 1. The van der Waals surface area contributed by atoms with Crippen LogP contribution in [0.5, 0.6) is 5.75 Å². The van der Waals surface area contributed by atoms with Gasteiger partial charge in [-0.1, -0.05) is 12.1 Å². The maximum absolute atomic E-state index is 11.7. The number of sulfone groups is 1. The first-order chi connectivity index (χ1) is 13.8. The maximum Gasteiger partial charge on any atom is 0.191 e. The highest BCUT2D eigenvalue weighted by Gasteiger charge is 2.45. The van der Waals surface area contributed by atoms with Crippen LogP contribution in [-0.2, 0) is 21.1 Å². The molecule has 0 aromatic heterocycles. The van der Waals surface area contributed by atoms with Crippen molar-refractivity contribution in [3.63, 3.8) is 0 Å². The molecule has 0 atom stereocenters. The van der Waals surface area contributed by atoms with Crippen molar-refractivity contribution in [3.05, 3.63) is 29.3 Å². The van der Waals surface area contributed by atoms with Gasteiger partial charge in [0.15, 0.2) is 5.96 Å². The summed E-state index contributed by atoms with van der Waals surface area (Å²) in [4.78, 5) is 4.69. The minimum atomic E-state index is -2.98. The van der Waals surface area contributed by atoms with Gasteiger partial charge < -0.3 is 20.1 Å². The van der Waals surface area contributed by atoms with Crippen LogP contribution in [0.25, 0.3) is 0 Å². The summed E-state index contributed by atoms with van der Waals surface area (Å²) in [5, 5.41) is 6.56. The Balaban J connectivity index is 2.00. The second-order valence-electron chi connectivity index (χ2n) is 7.92. The van der Waals surface area contributed by atoms with E-state index < -0.39 is 9.84 Å². The molecule has 1 aromatic rings. The van der Waals surface area contributed by atoms with E-state index in [1.165, 1.54) is 6.26 Å². The molecule has 0 heterocycles. The van der Waals surface area contributed by atoms with E-state index in [2.05, 4.69) is 21.7 Å². The zero-order chi connectivity index (χ0) is 21.3. The SMILES string of the molecule is CCNC(=NCc1ccc(C)cc1OCCCOC)NCC1(CS(C)(=O)=O)CC1. The van der Waals surface area contributed by atoms with Gasteiger partial charge in [-0.15, -0.1) is 0 Å². The van der Waals surface area contributed by atoms with Crippen LogP contribution in [0.2, 0.25) is 0 Å². The van der Waals surface area contributed by atoms with Crippen LogP contribution in [0.1, 0.15) is 37.3 Å². The van der Waals surface area contributed by atoms with E-state index in [0.29, 0.717) is 32.3 Å². The lowest BCUT2D eigenvalue weighted by atomic mass is 10.1. The molecule has 1 fully saturated rings. The lowest BCUT2D eigenvalue weighted by Crippen LogP contribution is -2.41. The highest BCUT2D eigenvalue weighted by atomic mass is 32.2. The fourth-order valence-electron chi connectivity index (χ4n) is 3.19. The monoisotopic (exact) mass is 425 g/mol. The fraction of sp³-hybridized carbons (Fsp3) is 0.667. The molecule has 29 heavy (non-hydrogen) atoms. The first-order valence-electron chi connectivity index (χ1n) is 10.2. The van der Waals surface area contributed by atoms with Crippen LogP contribution in [-0.4, -0.2) is 59.8 Å². The molecule has 0 saturated heterocycles. The Morgan fingerprint density at radius 3 is 2.62 bits per heavy atom. The summed E-state index contributed by atoms with van der Waals surface area (Å²) >= 11 is 0. The first-order valence-corrected chi connectivity index (χ1v) is 12.2. The number of hydrogen-bond donors (Lipinski definition) is 2. The van der Waals surface area contributed by atoms with Crippen LogP contribution >= 0.6 is 0 Å². The van der Waals surface area contributed by atoms with Gasteiger partial charge in [0.2, 0.25) is 0 Å². The molecule has 0 bridgehead atoms. The van der Waals surface area contributed by atoms with Crippen molar-refractivity contribution in [1.29, 1.82) is 0 Å². The number of aliphatic imine (C=N–C) groups is 1. The summed E-state index contributed by atoms with van der Waals surface area (Å²) in [7, 11) is -1.30. The smallest absolute Gasteiger partial charge is 0.191 e. The maximum atomic E-state index is 11.7. The molecular weight excluding hydrogens is 390 g/mol. The van der Waals surface area contributed by atoms with Gasteiger partial charge in [0.25, 0.3) is 0 Å². The average Bonchev–Trinajstić information content (AvgIpc) is 3.40. The molecule has 8 heteroatoms. The number of benzene rings is 1. The van der Waals surface area contributed by atoms with Crippen molar-refractivity contribution < 1.29 is 17.9 Å². The molecular formula is C21H35N3O4S. The van der Waals surface area contributed by atoms with Crippen LogP contribution in [0.15, 0.2) is 23.2 Å². The van der Waals surface area contributed by atoms with Gasteiger partial charge in [-0.3, -0.25) is 0 Å². The van der Waals surface area contributed by atoms with Crippen LogP contribution in [0.4, 0.5) is 0 Å². The highest BCUT2D eigenvalue weighted by Crippen LogP contribution is 2.46. The zero-order valence-electron chi connectivity index (χ0n) is 18.1. The van der Waals surface area contributed by atoms with Crippen molar-refractivity contribution in [3.8, 4) is 5.75 Å². The third-order valence-corrected chi connectivity index (χ3v) is 6.02. The topological polar surface area (TPSA) is 89.0 Å². The molecule has 7 nitrogen and oxygen atoms in total. The Kier molecular flexibility index (Phi) is 8.77. The number of ether oxygens (including phenoxy) is 2. The van der Waals surface area contributed by atoms with Gasteiger partial charge in [-0.05, 0) is 38.3 Å². The predicted octanol–water partition coefficient (Wildman–Crippen LogP) is 2.29. The van der Waals surface area contributed by atoms with Gasteiger partial charge in [-0.25, -0.2) is 13.4 Å². The van der Waals surface area contributed by atoms with Crippen molar-refractivity contribution in [2.75, 3.05) is 45.4 Å². The minimum Gasteiger partial charge on any atom is -0.493 e. The first kappa shape index (κ1) is 23.5. The molecule has 1 aliphatic carbocycles. The van der Waals surface area contributed by atoms with E-state index in [9.17, 15) is 8.42 Å². The summed E-state index contributed by atoms with van der Waals surface area (Å²) < 4.78 is 34.3. The number of nitrogens with zero attached hydrogens (tertiary/aromatic N) is 1. The molecule has 0 aliphatic heterocycles. The number of nitrogens with one attached hydrogen (secondary N) is 2. The van der Waals surface area contributed by atoms with Gasteiger partial charge in [0, 0.05) is 50.5 Å². The normalized spacial score (nSPS) is 15.8. The standard InChI is InChI=1S/C21H35N3O4S/c1-5-22-20(24-15-21(9-10-21)16-29(4,25)26)23-14-18-8-7-17(2)13-19(18)28-12-6-11-27-3/h7-8,13H,5-6,9-12,14-16H2,1-4H3,(H2,22,23,24). The second kappa shape index (κ2) is 10.8. The lowest BCUT2D eigenvalue weighted by molar-refractivity contribution is 0.172. The van der Waals surface area contributed by atoms with Crippen LogP contribution < -0.4 is 15.4 Å². The van der Waals surface area contributed by atoms with E-state index in [1.54, 1.807) is 7.11 Å². The Bertz CT molecular complexity index is 789. The summed E-state index contributed by atoms with van der Waals surface area (Å²) in [5.41, 5.74) is 2.01. The van der Waals surface area contributed by atoms with Gasteiger partial charge >= 0.3 is 0 Å². The van der Waals surface area contributed by atoms with Gasteiger partial charge in [-0.2, -0.15) is 0 Å². The number of hydrogen-bond acceptors (Lipinski definition) is 5. The Morgan fingerprint density at radius 2 is 2.00 bits per heavy atom. The summed E-state index contributed by atoms with van der Waals surface area (Å²) in [6.45, 7) is 7.14. The van der Waals surface area contributed by atoms with Crippen LogP contribution in [0, 0.1) is 12.3 Å². The van der Waals surface area contributed by atoms with Gasteiger partial charge in [0.1, 0.15) is 15.6 Å². The lowest BCUT2D eigenvalue weighted by Gasteiger charge is -2.18. The van der Waals surface area contributed by atoms with E-state index in [0.717, 1.165) is 42.7 Å². The summed E-state index contributed by atoms with van der Waals surface area (Å²) in [6.07, 6.45) is 4.01. The molecule has 2 rings (SSSR count). The Labute approximate surface area is 175 Å². The molecule has 1 saturated carbocycles. The third kappa shape index (κ3) is 8.62. The van der Waals surface area contributed by atoms with Crippen molar-refractivity contribution in [2.45, 2.75) is 39.7 Å². The molecule has 164 valence electrons. The number of guanidine groups is 1. The molecule has 0 spiro atoms. The number of aryl methyl sites for hydroxylation is 1. The molecule has 2 N–H and O–H groups in total. The molecule has 1 aliphatic rings. The zero-order valence-corrected chi connectivity index (χ0v) is 18.9. The highest BCUT2D eigenvalue weighted by molar-refractivity contribution is 7.90. The van der Waals surface area contributed by atoms with Crippen molar-refractivity contribution >= 4 is 15.8 Å². The third-order valence-electron chi connectivity index (χ3n) is 4.88. The van der Waals surface area contributed by atoms with Gasteiger partial charge in [0.05, 0.1) is 18.9 Å². The molecule has 1 aromatic carbocycles. The summed E-state index contributed by atoms with van der Waals surface area (Å²) in [6, 6.07) is 6.13. The number of rotatable bonds is 12. The molecule has 0 radical (unpaired) electrons.